The van der Waals surface area contributed by atoms with E-state index in [4.69, 9.17) is 9.47 Å². The van der Waals surface area contributed by atoms with Crippen LogP contribution in [-0.2, 0) is 4.74 Å². The molecule has 36 heavy (non-hydrogen) atoms. The molecule has 0 spiro atoms. The number of halogens is 1. The van der Waals surface area contributed by atoms with Crippen molar-refractivity contribution in [3.63, 3.8) is 0 Å². The van der Waals surface area contributed by atoms with Crippen LogP contribution in [0.3, 0.4) is 0 Å². The topological polar surface area (TPSA) is 80.3 Å². The van der Waals surface area contributed by atoms with Gasteiger partial charge in [0.05, 0.1) is 29.0 Å². The van der Waals surface area contributed by atoms with Gasteiger partial charge >= 0.3 is 6.09 Å². The molecule has 4 aromatic rings. The van der Waals surface area contributed by atoms with Crippen molar-refractivity contribution >= 4 is 33.1 Å². The van der Waals surface area contributed by atoms with Gasteiger partial charge in [-0.3, -0.25) is 9.97 Å². The number of ether oxygens (including phenoxy) is 2. The summed E-state index contributed by atoms with van der Waals surface area (Å²) < 4.78 is 12.0. The number of carbonyl (C=O) groups excluding carboxylic acids is 1. The van der Waals surface area contributed by atoms with Crippen LogP contribution in [0.2, 0.25) is 0 Å². The molecular formula is C28H29BrN4O3. The largest absolute Gasteiger partial charge is 0.489 e. The molecule has 186 valence electrons. The van der Waals surface area contributed by atoms with Crippen molar-refractivity contribution in [2.75, 3.05) is 13.2 Å². The molecule has 1 N–H and O–H groups in total. The molecule has 1 aliphatic heterocycles. The third-order valence-electron chi connectivity index (χ3n) is 6.09. The quantitative estimate of drug-likeness (QED) is 0.290. The van der Waals surface area contributed by atoms with E-state index >= 15 is 0 Å². The lowest BCUT2D eigenvalue weighted by Crippen LogP contribution is -2.42. The number of nitrogens with zero attached hydrogens (tertiary/aromatic N) is 3. The Morgan fingerprint density at radius 3 is 2.72 bits per heavy atom. The SMILES string of the molecule is CC(C)(C)OC(=O)N1C[C@@H](Br)C[C@H]1COc1cnccc1-c1[nH]c2cccnc2c1-c1ccccc1. The monoisotopic (exact) mass is 548 g/mol. The van der Waals surface area contributed by atoms with E-state index in [1.165, 1.54) is 0 Å². The predicted octanol–water partition coefficient (Wildman–Crippen LogP) is 6.44. The smallest absolute Gasteiger partial charge is 0.410 e. The zero-order valence-corrected chi connectivity index (χ0v) is 22.2. The van der Waals surface area contributed by atoms with E-state index in [1.807, 2.05) is 57.2 Å². The Kier molecular flexibility index (Phi) is 6.71. The maximum Gasteiger partial charge on any atom is 0.410 e. The van der Waals surface area contributed by atoms with Gasteiger partial charge in [-0.15, -0.1) is 0 Å². The maximum absolute atomic E-state index is 12.8. The van der Waals surface area contributed by atoms with Crippen molar-refractivity contribution in [2.45, 2.75) is 43.7 Å². The number of aromatic nitrogens is 3. The molecule has 2 atom stereocenters. The molecule has 0 saturated carbocycles. The number of hydrogen-bond donors (Lipinski definition) is 1. The van der Waals surface area contributed by atoms with Crippen molar-refractivity contribution in [1.82, 2.24) is 19.9 Å². The average Bonchev–Trinajstić information content (AvgIpc) is 3.43. The minimum absolute atomic E-state index is 0.116. The highest BCUT2D eigenvalue weighted by atomic mass is 79.9. The van der Waals surface area contributed by atoms with Gasteiger partial charge in [-0.1, -0.05) is 46.3 Å². The summed E-state index contributed by atoms with van der Waals surface area (Å²) in [6, 6.07) is 16.0. The molecule has 0 bridgehead atoms. The van der Waals surface area contributed by atoms with Crippen molar-refractivity contribution < 1.29 is 14.3 Å². The van der Waals surface area contributed by atoms with Gasteiger partial charge in [-0.2, -0.15) is 0 Å². The lowest BCUT2D eigenvalue weighted by Gasteiger charge is -2.28. The van der Waals surface area contributed by atoms with Crippen molar-refractivity contribution in [3.05, 3.63) is 67.1 Å². The third-order valence-corrected chi connectivity index (χ3v) is 6.76. The zero-order valence-electron chi connectivity index (χ0n) is 20.6. The van der Waals surface area contributed by atoms with Crippen LogP contribution in [0.4, 0.5) is 4.79 Å². The molecule has 1 saturated heterocycles. The number of H-pyrrole nitrogens is 1. The fourth-order valence-electron chi connectivity index (χ4n) is 4.56. The fourth-order valence-corrected chi connectivity index (χ4v) is 5.30. The second-order valence-corrected chi connectivity index (χ2v) is 11.2. The van der Waals surface area contributed by atoms with Gasteiger partial charge in [-0.05, 0) is 51.0 Å². The van der Waals surface area contributed by atoms with Gasteiger partial charge in [-0.25, -0.2) is 4.79 Å². The summed E-state index contributed by atoms with van der Waals surface area (Å²) in [5.74, 6) is 0.642. The van der Waals surface area contributed by atoms with Gasteiger partial charge in [0.15, 0.2) is 0 Å². The van der Waals surface area contributed by atoms with E-state index in [9.17, 15) is 4.79 Å². The van der Waals surface area contributed by atoms with Gasteiger partial charge < -0.3 is 19.4 Å². The molecule has 1 amide bonds. The number of nitrogens with one attached hydrogen (secondary N) is 1. The fraction of sp³-hybridized carbons (Fsp3) is 0.321. The molecule has 0 radical (unpaired) electrons. The number of likely N-dealkylation sites (tertiary alicyclic amines) is 1. The first-order chi connectivity index (χ1) is 17.3. The molecule has 1 aliphatic rings. The van der Waals surface area contributed by atoms with E-state index in [-0.39, 0.29) is 17.0 Å². The van der Waals surface area contributed by atoms with Crippen LogP contribution in [0.1, 0.15) is 27.2 Å². The number of rotatable bonds is 5. The number of aromatic amines is 1. The highest BCUT2D eigenvalue weighted by molar-refractivity contribution is 9.09. The molecule has 4 heterocycles. The minimum atomic E-state index is -0.555. The second-order valence-electron chi connectivity index (χ2n) is 9.94. The normalized spacial score (nSPS) is 17.9. The Morgan fingerprint density at radius 2 is 1.94 bits per heavy atom. The number of alkyl halides is 1. The van der Waals surface area contributed by atoms with Gasteiger partial charge in [0.25, 0.3) is 0 Å². The molecule has 1 fully saturated rings. The van der Waals surface area contributed by atoms with Crippen molar-refractivity contribution in [3.8, 4) is 28.1 Å². The second kappa shape index (κ2) is 9.93. The van der Waals surface area contributed by atoms with Crippen LogP contribution in [0.5, 0.6) is 5.75 Å². The summed E-state index contributed by atoms with van der Waals surface area (Å²) in [6.45, 7) is 6.53. The Hall–Kier alpha value is -3.39. The number of benzene rings is 1. The number of amides is 1. The molecule has 0 aliphatic carbocycles. The van der Waals surface area contributed by atoms with Gasteiger partial charge in [0, 0.05) is 34.9 Å². The number of pyridine rings is 2. The third kappa shape index (κ3) is 5.09. The Labute approximate surface area is 219 Å². The maximum atomic E-state index is 12.8. The predicted molar refractivity (Wildman–Crippen MR) is 144 cm³/mol. The van der Waals surface area contributed by atoms with Gasteiger partial charge in [0.2, 0.25) is 0 Å². The summed E-state index contributed by atoms with van der Waals surface area (Å²) in [4.78, 5) is 27.3. The van der Waals surface area contributed by atoms with Crippen LogP contribution >= 0.6 is 15.9 Å². The van der Waals surface area contributed by atoms with Crippen LogP contribution in [0.15, 0.2) is 67.1 Å². The first-order valence-electron chi connectivity index (χ1n) is 12.0. The van der Waals surface area contributed by atoms with Crippen LogP contribution in [-0.4, -0.2) is 55.6 Å². The average molecular weight is 549 g/mol. The van der Waals surface area contributed by atoms with Crippen molar-refractivity contribution in [2.24, 2.45) is 0 Å². The minimum Gasteiger partial charge on any atom is -0.489 e. The molecule has 8 heteroatoms. The molecule has 7 nitrogen and oxygen atoms in total. The summed E-state index contributed by atoms with van der Waals surface area (Å²) in [5.41, 5.74) is 5.17. The summed E-state index contributed by atoms with van der Waals surface area (Å²) >= 11 is 3.67. The lowest BCUT2D eigenvalue weighted by molar-refractivity contribution is 0.0188. The summed E-state index contributed by atoms with van der Waals surface area (Å²) in [5, 5.41) is 0. The van der Waals surface area contributed by atoms with E-state index in [2.05, 4.69) is 43.0 Å². The number of carbonyl (C=O) groups is 1. The zero-order chi connectivity index (χ0) is 25.3. The van der Waals surface area contributed by atoms with Crippen LogP contribution < -0.4 is 4.74 Å². The van der Waals surface area contributed by atoms with Crippen LogP contribution in [0, 0.1) is 0 Å². The van der Waals surface area contributed by atoms with E-state index < -0.39 is 5.60 Å². The van der Waals surface area contributed by atoms with E-state index in [1.54, 1.807) is 23.5 Å². The Morgan fingerprint density at radius 1 is 1.14 bits per heavy atom. The first kappa shape index (κ1) is 24.3. The highest BCUT2D eigenvalue weighted by Gasteiger charge is 2.37. The first-order valence-corrected chi connectivity index (χ1v) is 12.9. The molecular weight excluding hydrogens is 520 g/mol. The number of hydrogen-bond acceptors (Lipinski definition) is 5. The molecule has 1 aromatic carbocycles. The van der Waals surface area contributed by atoms with Gasteiger partial charge in [0.1, 0.15) is 18.0 Å². The Balaban J connectivity index is 1.46. The standard InChI is InChI=1S/C28H29BrN4O3/c1-28(2,3)36-27(34)33-16-19(29)14-20(33)17-35-23-15-30-13-11-21(23)25-24(18-8-5-4-6-9-18)26-22(32-25)10-7-12-31-26/h4-13,15,19-20,32H,14,16-17H2,1-3H3/t19-,20-/m0/s1. The molecule has 5 rings (SSSR count). The molecule has 3 aromatic heterocycles. The van der Waals surface area contributed by atoms with E-state index in [0.717, 1.165) is 39.8 Å². The summed E-state index contributed by atoms with van der Waals surface area (Å²) in [6.07, 6.45) is 5.74. The van der Waals surface area contributed by atoms with Crippen molar-refractivity contribution in [1.29, 1.82) is 0 Å². The van der Waals surface area contributed by atoms with Crippen LogP contribution in [0.25, 0.3) is 33.4 Å². The highest BCUT2D eigenvalue weighted by Crippen LogP contribution is 2.40. The van der Waals surface area contributed by atoms with E-state index in [0.29, 0.717) is 18.9 Å². The summed E-state index contributed by atoms with van der Waals surface area (Å²) in [7, 11) is 0. The number of fused-ring (bicyclic) bond motifs is 1. The lowest BCUT2D eigenvalue weighted by atomic mass is 10.0. The Bertz CT molecular complexity index is 1370. The molecule has 0 unspecified atom stereocenters.